The maximum Gasteiger partial charge on any atom is 0.407 e. The van der Waals surface area contributed by atoms with E-state index >= 15 is 0 Å². The number of likely N-dealkylation sites (tertiary alicyclic amines) is 2. The van der Waals surface area contributed by atoms with Gasteiger partial charge in [-0.25, -0.2) is 9.59 Å². The number of esters is 1. The van der Waals surface area contributed by atoms with E-state index in [9.17, 15) is 44.4 Å². The molecule has 0 aromatic heterocycles. The van der Waals surface area contributed by atoms with Gasteiger partial charge in [0.1, 0.15) is 30.5 Å². The van der Waals surface area contributed by atoms with E-state index in [4.69, 9.17) is 38.9 Å². The predicted molar refractivity (Wildman–Crippen MR) is 310 cm³/mol. The molecular weight excluding hydrogens is 1070 g/mol. The number of likely N-dealkylation sites (N-methyl/N-ethyl adjacent to an activating group) is 1. The minimum atomic E-state index is -2.48. The van der Waals surface area contributed by atoms with Gasteiger partial charge in [0.15, 0.2) is 5.78 Å². The van der Waals surface area contributed by atoms with Crippen molar-refractivity contribution in [2.75, 3.05) is 80.4 Å². The van der Waals surface area contributed by atoms with Crippen LogP contribution in [0.5, 0.6) is 0 Å². The first-order valence-electron chi connectivity index (χ1n) is 30.6. The normalized spacial score (nSPS) is 37.7. The third kappa shape index (κ3) is 19.0. The van der Waals surface area contributed by atoms with E-state index in [1.165, 1.54) is 6.42 Å². The minimum absolute atomic E-state index is 0.0365. The number of Topliss-reactive ketones (excluding diaryl/α,β-unsaturated/α-hetero) is 2. The first kappa shape index (κ1) is 68.1. The fourth-order valence-electron chi connectivity index (χ4n) is 13.1. The van der Waals surface area contributed by atoms with Crippen LogP contribution in [0.1, 0.15) is 125 Å². The number of ketones is 2. The Morgan fingerprint density at radius 1 is 0.819 bits per heavy atom. The van der Waals surface area contributed by atoms with E-state index in [0.29, 0.717) is 89.7 Å². The van der Waals surface area contributed by atoms with Crippen molar-refractivity contribution in [1.29, 1.82) is 0 Å². The fraction of sp³-hybridized carbons (Fsp3) is 0.790. The SMILES string of the molecule is CO[C@H]1C[C@@H]2CC[C@@H](C)[C@@](O)(O2)C(=O)C(=O)N2CCCC[C@H]2C(=O)O[C@H]([C@H](N)C[C@@H]2CC[C@@H](OC(=O)NCCOCCOCCN3C[C@@H]4C[C@H]3CN4C)[C@H](OC)C2)C[C@@H](O)[C@H](C)/C=C(\C)[C@@H](O)[C@@H](O)C(=O)[C@H](C)C[C@H](C)/C=C/C=CC=C1C. The summed E-state index contributed by atoms with van der Waals surface area (Å²) in [6, 6.07) is -0.816. The molecule has 0 spiro atoms. The summed E-state index contributed by atoms with van der Waals surface area (Å²) >= 11 is 0. The lowest BCUT2D eigenvalue weighted by Gasteiger charge is -2.42. The number of allylic oxidation sites excluding steroid dienone is 5. The summed E-state index contributed by atoms with van der Waals surface area (Å²) in [6.45, 7) is 15.7. The van der Waals surface area contributed by atoms with Gasteiger partial charge in [0, 0.05) is 95.7 Å². The molecule has 5 heterocycles. The van der Waals surface area contributed by atoms with Gasteiger partial charge in [-0.15, -0.1) is 0 Å². The van der Waals surface area contributed by atoms with Gasteiger partial charge in [0.25, 0.3) is 11.7 Å². The molecular formula is C62H101N5O16. The largest absolute Gasteiger partial charge is 0.459 e. The van der Waals surface area contributed by atoms with Crippen LogP contribution in [0, 0.1) is 29.6 Å². The zero-order chi connectivity index (χ0) is 60.5. The molecule has 470 valence electrons. The highest BCUT2D eigenvalue weighted by atomic mass is 16.6. The van der Waals surface area contributed by atoms with Crippen LogP contribution in [0.4, 0.5) is 4.79 Å². The van der Waals surface area contributed by atoms with Crippen molar-refractivity contribution in [3.8, 4) is 0 Å². The van der Waals surface area contributed by atoms with Crippen molar-refractivity contribution < 1.29 is 77.6 Å². The Kier molecular flexibility index (Phi) is 26.8. The summed E-state index contributed by atoms with van der Waals surface area (Å²) in [6.07, 6.45) is 8.16. The molecule has 5 aliphatic heterocycles. The molecule has 7 N–H and O–H groups in total. The van der Waals surface area contributed by atoms with Crippen LogP contribution < -0.4 is 11.1 Å². The number of hydrogen-bond donors (Lipinski definition) is 6. The molecule has 21 heteroatoms. The molecule has 18 atom stereocenters. The summed E-state index contributed by atoms with van der Waals surface area (Å²) in [7, 11) is 5.29. The molecule has 6 aliphatic rings. The standard InChI is InChI=1S/C62H101N5O16/c1-38-15-11-10-12-16-39(2)52(77-8)34-47-20-18-43(6)62(76,83-47)58(72)59(73)67-23-14-13-17-49(67)60(74)81-53(35-50(68)40(3)30-42(5)56(70)57(71)55(69)41(4)29-38)48(63)31-44-19-21-51(54(32-44)78-9)82-61(75)64-22-25-79-27-28-80-26-24-66-37-45-33-46(66)36-65(45)7/h10-12,15-16,30,38,40-41,43-54,56-57,68,70-71,76H,13-14,17-29,31-37,63H2,1-9H3,(H,64,75)/b12-10?,15-11+,39-16?,42-30+/t38-,40-,41-,43-,44+,45+,46+,47+,48-,49+,50-,51-,52+,53+,54-,56-,57+,62-/m1/s1. The van der Waals surface area contributed by atoms with Gasteiger partial charge in [0.2, 0.25) is 5.79 Å². The lowest BCUT2D eigenvalue weighted by atomic mass is 9.80. The Bertz CT molecular complexity index is 2250. The smallest absolute Gasteiger partial charge is 0.407 e. The number of rotatable bonds is 15. The van der Waals surface area contributed by atoms with Crippen LogP contribution in [0.2, 0.25) is 0 Å². The van der Waals surface area contributed by atoms with Gasteiger partial charge in [-0.1, -0.05) is 64.2 Å². The first-order chi connectivity index (χ1) is 39.5. The number of carbonyl (C=O) groups is 5. The van der Waals surface area contributed by atoms with Crippen molar-refractivity contribution in [2.45, 2.75) is 204 Å². The van der Waals surface area contributed by atoms with Crippen LogP contribution >= 0.6 is 0 Å². The zero-order valence-electron chi connectivity index (χ0n) is 50.9. The van der Waals surface area contributed by atoms with E-state index in [1.807, 2.05) is 44.2 Å². The van der Waals surface area contributed by atoms with Crippen molar-refractivity contribution in [1.82, 2.24) is 20.0 Å². The van der Waals surface area contributed by atoms with E-state index in [2.05, 4.69) is 22.2 Å². The predicted octanol–water partition coefficient (Wildman–Crippen LogP) is 4.16. The molecule has 0 aromatic carbocycles. The average molecular weight is 1170 g/mol. The average Bonchev–Trinajstić information content (AvgIpc) is 4.21. The van der Waals surface area contributed by atoms with Crippen LogP contribution in [-0.4, -0.2) is 224 Å². The third-order valence-corrected chi connectivity index (χ3v) is 18.4. The summed E-state index contributed by atoms with van der Waals surface area (Å²) in [5.41, 5.74) is 8.12. The highest BCUT2D eigenvalue weighted by Gasteiger charge is 2.53. The van der Waals surface area contributed by atoms with E-state index in [-0.39, 0.29) is 56.4 Å². The summed E-state index contributed by atoms with van der Waals surface area (Å²) in [5, 5.41) is 49.1. The van der Waals surface area contributed by atoms with Crippen molar-refractivity contribution in [3.05, 3.63) is 47.6 Å². The quantitative estimate of drug-likeness (QED) is 0.0581. The Morgan fingerprint density at radius 2 is 1.57 bits per heavy atom. The number of nitrogens with one attached hydrogen (secondary N) is 1. The minimum Gasteiger partial charge on any atom is -0.459 e. The van der Waals surface area contributed by atoms with Gasteiger partial charge in [-0.05, 0) is 115 Å². The molecule has 4 saturated heterocycles. The molecule has 0 aromatic rings. The third-order valence-electron chi connectivity index (χ3n) is 18.4. The Morgan fingerprint density at radius 3 is 2.27 bits per heavy atom. The van der Waals surface area contributed by atoms with E-state index < -0.39 is 114 Å². The number of methoxy groups -OCH3 is 2. The summed E-state index contributed by atoms with van der Waals surface area (Å²) in [5.74, 6) is -8.27. The van der Waals surface area contributed by atoms with Gasteiger partial charge in [-0.2, -0.15) is 0 Å². The molecule has 83 heavy (non-hydrogen) atoms. The summed E-state index contributed by atoms with van der Waals surface area (Å²) in [4.78, 5) is 75.9. The number of piperazine rings is 1. The van der Waals surface area contributed by atoms with Crippen LogP contribution in [0.25, 0.3) is 0 Å². The van der Waals surface area contributed by atoms with Gasteiger partial charge >= 0.3 is 12.1 Å². The number of nitrogens with two attached hydrogens (primary N) is 1. The number of fused-ring (bicyclic) bond motifs is 5. The van der Waals surface area contributed by atoms with Crippen molar-refractivity contribution >= 4 is 29.5 Å². The highest BCUT2D eigenvalue weighted by molar-refractivity contribution is 6.39. The lowest BCUT2D eigenvalue weighted by Crippen LogP contribution is -2.61. The van der Waals surface area contributed by atoms with Gasteiger partial charge in [0.05, 0.1) is 50.8 Å². The first-order valence-corrected chi connectivity index (χ1v) is 30.6. The maximum atomic E-state index is 14.6. The Hall–Kier alpha value is -3.97. The van der Waals surface area contributed by atoms with Crippen LogP contribution in [0.3, 0.4) is 0 Å². The Labute approximate surface area is 492 Å². The molecule has 21 nitrogen and oxygen atoms in total. The molecule has 2 amide bonds. The summed E-state index contributed by atoms with van der Waals surface area (Å²) < 4.78 is 41.5. The lowest BCUT2D eigenvalue weighted by molar-refractivity contribution is -0.265. The number of cyclic esters (lactones) is 1. The number of amides is 2. The molecule has 6 rings (SSSR count). The molecule has 0 unspecified atom stereocenters. The molecule has 1 aliphatic carbocycles. The monoisotopic (exact) mass is 1170 g/mol. The second kappa shape index (κ2) is 32.7. The topological polar surface area (TPSA) is 279 Å². The molecule has 0 radical (unpaired) electrons. The number of aliphatic hydroxyl groups is 4. The van der Waals surface area contributed by atoms with Gasteiger partial charge < -0.3 is 74.4 Å². The number of carbonyl (C=O) groups excluding carboxylic acids is 5. The number of ether oxygens (including phenoxy) is 7. The van der Waals surface area contributed by atoms with Crippen LogP contribution in [0.15, 0.2) is 47.6 Å². The van der Waals surface area contributed by atoms with E-state index in [1.54, 1.807) is 48.0 Å². The molecule has 5 fully saturated rings. The Balaban J connectivity index is 1.12. The zero-order valence-corrected chi connectivity index (χ0v) is 50.9. The van der Waals surface area contributed by atoms with Crippen LogP contribution in [-0.2, 0) is 52.3 Å². The van der Waals surface area contributed by atoms with Crippen molar-refractivity contribution in [2.24, 2.45) is 35.3 Å². The fourth-order valence-corrected chi connectivity index (χ4v) is 13.1. The second-order valence-electron chi connectivity index (χ2n) is 24.8. The second-order valence-corrected chi connectivity index (χ2v) is 24.8. The number of hydrogen-bond acceptors (Lipinski definition) is 19. The van der Waals surface area contributed by atoms with Crippen molar-refractivity contribution in [3.63, 3.8) is 0 Å². The molecule has 4 bridgehead atoms. The van der Waals surface area contributed by atoms with E-state index in [0.717, 1.165) is 30.1 Å². The number of alkyl carbamates (subject to hydrolysis) is 1. The number of nitrogens with zero attached hydrogens (tertiary/aromatic N) is 3. The number of aliphatic hydroxyl groups excluding tert-OH is 3. The highest BCUT2D eigenvalue weighted by Crippen LogP contribution is 2.38. The molecule has 1 saturated carbocycles. The van der Waals surface area contributed by atoms with Gasteiger partial charge in [-0.3, -0.25) is 19.3 Å². The number of piperidine rings is 1. The maximum absolute atomic E-state index is 14.6.